The van der Waals surface area contributed by atoms with Crippen LogP contribution in [-0.2, 0) is 12.0 Å². The maximum atomic E-state index is 13.2. The molecule has 0 aliphatic heterocycles. The molecule has 4 aromatic heterocycles. The minimum atomic E-state index is -0.190. The summed E-state index contributed by atoms with van der Waals surface area (Å²) < 4.78 is 9.21. The van der Waals surface area contributed by atoms with Crippen LogP contribution in [0.1, 0.15) is 26.5 Å². The van der Waals surface area contributed by atoms with Gasteiger partial charge in [0.2, 0.25) is 5.95 Å². The van der Waals surface area contributed by atoms with Crippen molar-refractivity contribution in [3.63, 3.8) is 0 Å². The van der Waals surface area contributed by atoms with Crippen molar-refractivity contribution in [2.45, 2.75) is 32.7 Å². The van der Waals surface area contributed by atoms with Crippen molar-refractivity contribution in [3.05, 3.63) is 71.4 Å². The molecule has 0 radical (unpaired) electrons. The molecule has 5 aromatic rings. The smallest absolute Gasteiger partial charge is 0.297 e. The standard InChI is InChI=1S/C26H28N8O2/c1-7-12-33-23(35)18-15-28-24(29-16-8-9-19-20(13-16)36-25(30-19)32(5)6)31-22(18)34(33)17-10-11-27-21(14-17)26(2,3)4/h7-11,13-15H,1,12H2,2-6H3,(H,28,29,31). The number of nitrogens with zero attached hydrogens (tertiary/aromatic N) is 7. The minimum Gasteiger partial charge on any atom is -0.423 e. The van der Waals surface area contributed by atoms with Crippen LogP contribution in [0.15, 0.2) is 64.6 Å². The summed E-state index contributed by atoms with van der Waals surface area (Å²) in [6.07, 6.45) is 4.98. The number of allylic oxidation sites excluding steroid dienone is 1. The molecule has 184 valence electrons. The van der Waals surface area contributed by atoms with Crippen molar-refractivity contribution in [1.82, 2.24) is 29.3 Å². The first-order valence-electron chi connectivity index (χ1n) is 11.6. The number of benzene rings is 1. The largest absolute Gasteiger partial charge is 0.423 e. The van der Waals surface area contributed by atoms with Gasteiger partial charge in [-0.2, -0.15) is 9.97 Å². The Labute approximate surface area is 207 Å². The van der Waals surface area contributed by atoms with E-state index < -0.39 is 0 Å². The zero-order chi connectivity index (χ0) is 25.6. The lowest BCUT2D eigenvalue weighted by Crippen LogP contribution is -2.22. The van der Waals surface area contributed by atoms with Crippen LogP contribution in [-0.4, -0.2) is 43.4 Å². The summed E-state index contributed by atoms with van der Waals surface area (Å²) in [7, 11) is 3.75. The van der Waals surface area contributed by atoms with Gasteiger partial charge in [-0.15, -0.1) is 6.58 Å². The molecule has 0 spiro atoms. The molecule has 0 bridgehead atoms. The van der Waals surface area contributed by atoms with E-state index in [4.69, 9.17) is 9.40 Å². The third-order valence-electron chi connectivity index (χ3n) is 5.75. The Hall–Kier alpha value is -4.47. The third-order valence-corrected chi connectivity index (χ3v) is 5.75. The fourth-order valence-electron chi connectivity index (χ4n) is 3.91. The zero-order valence-corrected chi connectivity index (χ0v) is 21.0. The van der Waals surface area contributed by atoms with Gasteiger partial charge in [0.15, 0.2) is 11.2 Å². The molecule has 1 aromatic carbocycles. The van der Waals surface area contributed by atoms with Gasteiger partial charge in [0.05, 0.1) is 12.2 Å². The summed E-state index contributed by atoms with van der Waals surface area (Å²) in [5, 5.41) is 3.64. The molecule has 36 heavy (non-hydrogen) atoms. The Kier molecular flexibility index (Phi) is 5.58. The number of nitrogens with one attached hydrogen (secondary N) is 1. The van der Waals surface area contributed by atoms with Gasteiger partial charge in [-0.25, -0.2) is 14.3 Å². The molecule has 0 aliphatic rings. The van der Waals surface area contributed by atoms with Gasteiger partial charge in [-0.05, 0) is 24.3 Å². The fraction of sp³-hybridized carbons (Fsp3) is 0.269. The zero-order valence-electron chi connectivity index (χ0n) is 21.0. The Morgan fingerprint density at radius 2 is 1.94 bits per heavy atom. The number of fused-ring (bicyclic) bond motifs is 2. The quantitative estimate of drug-likeness (QED) is 0.353. The number of oxazole rings is 1. The first-order chi connectivity index (χ1) is 17.2. The summed E-state index contributed by atoms with van der Waals surface area (Å²) in [4.78, 5) is 33.1. The Bertz CT molecular complexity index is 1650. The summed E-state index contributed by atoms with van der Waals surface area (Å²) in [6, 6.07) is 9.97. The molecule has 0 aliphatic carbocycles. The van der Waals surface area contributed by atoms with E-state index in [9.17, 15) is 4.79 Å². The van der Waals surface area contributed by atoms with Crippen molar-refractivity contribution in [2.24, 2.45) is 0 Å². The molecule has 0 atom stereocenters. The topological polar surface area (TPSA) is 107 Å². The van der Waals surface area contributed by atoms with Crippen molar-refractivity contribution in [2.75, 3.05) is 24.3 Å². The lowest BCUT2D eigenvalue weighted by molar-refractivity contribution is 0.563. The van der Waals surface area contributed by atoms with Crippen LogP contribution in [0.5, 0.6) is 0 Å². The second-order valence-corrected chi connectivity index (χ2v) is 9.77. The van der Waals surface area contributed by atoms with Crippen LogP contribution >= 0.6 is 0 Å². The summed E-state index contributed by atoms with van der Waals surface area (Å²) >= 11 is 0. The molecule has 5 rings (SSSR count). The van der Waals surface area contributed by atoms with Crippen molar-refractivity contribution >= 4 is 39.8 Å². The summed E-state index contributed by atoms with van der Waals surface area (Å²) in [5.74, 6) is 0.351. The van der Waals surface area contributed by atoms with E-state index in [1.54, 1.807) is 27.8 Å². The molecule has 10 heteroatoms. The van der Waals surface area contributed by atoms with E-state index in [2.05, 4.69) is 47.6 Å². The maximum Gasteiger partial charge on any atom is 0.297 e. The number of pyridine rings is 1. The highest BCUT2D eigenvalue weighted by atomic mass is 16.4. The second kappa shape index (κ2) is 8.63. The maximum absolute atomic E-state index is 13.2. The van der Waals surface area contributed by atoms with Gasteiger partial charge in [0.25, 0.3) is 11.6 Å². The molecular weight excluding hydrogens is 456 g/mol. The van der Waals surface area contributed by atoms with Crippen LogP contribution in [0.2, 0.25) is 0 Å². The van der Waals surface area contributed by atoms with Crippen LogP contribution in [0.3, 0.4) is 0 Å². The van der Waals surface area contributed by atoms with Crippen molar-refractivity contribution in [1.29, 1.82) is 0 Å². The van der Waals surface area contributed by atoms with Crippen LogP contribution in [0.4, 0.5) is 17.7 Å². The SMILES string of the molecule is C=CCn1c(=O)c2cnc(Nc3ccc4nc(N(C)C)oc4c3)nc2n1-c1ccnc(C(C)(C)C)c1. The third kappa shape index (κ3) is 4.10. The van der Waals surface area contributed by atoms with Crippen LogP contribution < -0.4 is 15.8 Å². The number of anilines is 3. The highest BCUT2D eigenvalue weighted by molar-refractivity contribution is 5.81. The monoisotopic (exact) mass is 484 g/mol. The molecule has 0 fully saturated rings. The second-order valence-electron chi connectivity index (χ2n) is 9.77. The van der Waals surface area contributed by atoms with Crippen molar-refractivity contribution < 1.29 is 4.42 Å². The fourth-order valence-corrected chi connectivity index (χ4v) is 3.91. The lowest BCUT2D eigenvalue weighted by atomic mass is 9.91. The lowest BCUT2D eigenvalue weighted by Gasteiger charge is -2.19. The Morgan fingerprint density at radius 3 is 2.67 bits per heavy atom. The van der Waals surface area contributed by atoms with Gasteiger partial charge >= 0.3 is 0 Å². The van der Waals surface area contributed by atoms with Gasteiger partial charge in [0, 0.05) is 49.4 Å². The van der Waals surface area contributed by atoms with Crippen LogP contribution in [0, 0.1) is 0 Å². The molecule has 1 N–H and O–H groups in total. The molecule has 0 unspecified atom stereocenters. The average molecular weight is 485 g/mol. The minimum absolute atomic E-state index is 0.157. The van der Waals surface area contributed by atoms with Gasteiger partial charge < -0.3 is 14.6 Å². The van der Waals surface area contributed by atoms with E-state index in [-0.39, 0.29) is 11.0 Å². The predicted octanol–water partition coefficient (Wildman–Crippen LogP) is 4.41. The predicted molar refractivity (Wildman–Crippen MR) is 141 cm³/mol. The molecule has 10 nitrogen and oxygen atoms in total. The number of rotatable bonds is 6. The molecule has 0 saturated carbocycles. The van der Waals surface area contributed by atoms with E-state index in [0.717, 1.165) is 22.6 Å². The number of hydrogen-bond donors (Lipinski definition) is 1. The van der Waals surface area contributed by atoms with E-state index in [1.807, 2.05) is 49.3 Å². The summed E-state index contributed by atoms with van der Waals surface area (Å²) in [6.45, 7) is 10.4. The van der Waals surface area contributed by atoms with E-state index in [1.165, 1.54) is 0 Å². The first kappa shape index (κ1) is 23.3. The Morgan fingerprint density at radius 1 is 1.14 bits per heavy atom. The van der Waals surface area contributed by atoms with Crippen molar-refractivity contribution in [3.8, 4) is 5.69 Å². The highest BCUT2D eigenvalue weighted by Gasteiger charge is 2.20. The van der Waals surface area contributed by atoms with Crippen LogP contribution in [0.25, 0.3) is 27.8 Å². The van der Waals surface area contributed by atoms with Gasteiger partial charge in [-0.3, -0.25) is 9.78 Å². The van der Waals surface area contributed by atoms with Gasteiger partial charge in [0.1, 0.15) is 10.9 Å². The Balaban J connectivity index is 1.61. The van der Waals surface area contributed by atoms with E-state index in [0.29, 0.717) is 35.1 Å². The molecule has 0 amide bonds. The number of hydrogen-bond acceptors (Lipinski definition) is 8. The summed E-state index contributed by atoms with van der Waals surface area (Å²) in [5.41, 5.74) is 3.97. The molecule has 0 saturated heterocycles. The van der Waals surface area contributed by atoms with Gasteiger partial charge in [-0.1, -0.05) is 26.8 Å². The molecular formula is C26H28N8O2. The highest BCUT2D eigenvalue weighted by Crippen LogP contribution is 2.26. The average Bonchev–Trinajstić information content (AvgIpc) is 3.38. The molecule has 4 heterocycles. The first-order valence-corrected chi connectivity index (χ1v) is 11.6. The number of aromatic nitrogens is 6. The normalized spacial score (nSPS) is 11.8. The van der Waals surface area contributed by atoms with E-state index >= 15 is 0 Å².